The summed E-state index contributed by atoms with van der Waals surface area (Å²) in [5, 5.41) is 8.75. The van der Waals surface area contributed by atoms with Crippen LogP contribution in [0.15, 0.2) is 12.2 Å². The number of rotatable bonds is 3. The molecule has 0 aliphatic carbocycles. The van der Waals surface area contributed by atoms with Gasteiger partial charge in [0.05, 0.1) is 11.7 Å². The molecule has 0 aromatic heterocycles. The van der Waals surface area contributed by atoms with Gasteiger partial charge in [-0.1, -0.05) is 6.58 Å². The van der Waals surface area contributed by atoms with Crippen LogP contribution in [0.4, 0.5) is 0 Å². The van der Waals surface area contributed by atoms with Crippen molar-refractivity contribution in [2.45, 2.75) is 32.5 Å². The lowest BCUT2D eigenvalue weighted by Crippen LogP contribution is -2.52. The van der Waals surface area contributed by atoms with Gasteiger partial charge in [-0.2, -0.15) is 0 Å². The molecule has 1 atom stereocenters. The van der Waals surface area contributed by atoms with Crippen LogP contribution < -0.4 is 0 Å². The highest BCUT2D eigenvalue weighted by atomic mass is 16.5. The van der Waals surface area contributed by atoms with Crippen LogP contribution >= 0.6 is 0 Å². The molecule has 0 bridgehead atoms. The lowest BCUT2D eigenvalue weighted by atomic mass is 10.0. The minimum absolute atomic E-state index is 0.135. The predicted octanol–water partition coefficient (Wildman–Crippen LogP) is 1.13. The molecule has 1 saturated heterocycles. The van der Waals surface area contributed by atoms with Crippen LogP contribution in [0.3, 0.4) is 0 Å². The first-order valence-electron chi connectivity index (χ1n) is 5.11. The van der Waals surface area contributed by atoms with E-state index >= 15 is 0 Å². The zero-order chi connectivity index (χ0) is 11.6. The standard InChI is InChI=1S/C11H19NO3/c1-8(10(13)14)5-12-6-9(2)15-11(3,4)7-12/h9H,1,5-7H2,2-4H3,(H,13,14). The van der Waals surface area contributed by atoms with Gasteiger partial charge in [-0.3, -0.25) is 4.90 Å². The molecule has 1 fully saturated rings. The van der Waals surface area contributed by atoms with Crippen molar-refractivity contribution in [3.63, 3.8) is 0 Å². The molecule has 1 unspecified atom stereocenters. The second-order valence-electron chi connectivity index (χ2n) is 4.77. The molecule has 15 heavy (non-hydrogen) atoms. The maximum Gasteiger partial charge on any atom is 0.332 e. The molecule has 0 aromatic carbocycles. The second kappa shape index (κ2) is 4.33. The van der Waals surface area contributed by atoms with Gasteiger partial charge in [-0.15, -0.1) is 0 Å². The van der Waals surface area contributed by atoms with Gasteiger partial charge < -0.3 is 9.84 Å². The van der Waals surface area contributed by atoms with E-state index in [9.17, 15) is 4.79 Å². The monoisotopic (exact) mass is 213 g/mol. The predicted molar refractivity (Wildman–Crippen MR) is 57.8 cm³/mol. The minimum atomic E-state index is -0.924. The van der Waals surface area contributed by atoms with Crippen molar-refractivity contribution in [3.8, 4) is 0 Å². The Balaban J connectivity index is 2.56. The van der Waals surface area contributed by atoms with E-state index in [0.29, 0.717) is 6.54 Å². The quantitative estimate of drug-likeness (QED) is 0.714. The van der Waals surface area contributed by atoms with Crippen molar-refractivity contribution in [2.24, 2.45) is 0 Å². The van der Waals surface area contributed by atoms with Crippen molar-refractivity contribution < 1.29 is 14.6 Å². The molecule has 1 heterocycles. The smallest absolute Gasteiger partial charge is 0.332 e. The molecule has 1 N–H and O–H groups in total. The zero-order valence-corrected chi connectivity index (χ0v) is 9.62. The van der Waals surface area contributed by atoms with Gasteiger partial charge in [0.25, 0.3) is 0 Å². The number of carboxylic acids is 1. The fourth-order valence-electron chi connectivity index (χ4n) is 2.04. The van der Waals surface area contributed by atoms with Gasteiger partial charge >= 0.3 is 5.97 Å². The van der Waals surface area contributed by atoms with Gasteiger partial charge in [-0.05, 0) is 20.8 Å². The molecule has 0 amide bonds. The lowest BCUT2D eigenvalue weighted by Gasteiger charge is -2.41. The van der Waals surface area contributed by atoms with Crippen molar-refractivity contribution in [1.82, 2.24) is 4.90 Å². The Morgan fingerprint density at radius 3 is 2.73 bits per heavy atom. The fourth-order valence-corrected chi connectivity index (χ4v) is 2.04. The molecule has 86 valence electrons. The largest absolute Gasteiger partial charge is 0.478 e. The van der Waals surface area contributed by atoms with Crippen LogP contribution in [-0.4, -0.2) is 47.3 Å². The van der Waals surface area contributed by atoms with Crippen LogP contribution in [0, 0.1) is 0 Å². The van der Waals surface area contributed by atoms with Gasteiger partial charge in [0.15, 0.2) is 0 Å². The Hall–Kier alpha value is -0.870. The summed E-state index contributed by atoms with van der Waals surface area (Å²) in [6.07, 6.45) is 0.135. The van der Waals surface area contributed by atoms with Gasteiger partial charge in [0, 0.05) is 25.2 Å². The fraction of sp³-hybridized carbons (Fsp3) is 0.727. The average molecular weight is 213 g/mol. The summed E-state index contributed by atoms with van der Waals surface area (Å²) in [6.45, 7) is 11.5. The Kier molecular flexibility index (Phi) is 3.52. The van der Waals surface area contributed by atoms with Crippen molar-refractivity contribution in [3.05, 3.63) is 12.2 Å². The van der Waals surface area contributed by atoms with Crippen LogP contribution in [0.2, 0.25) is 0 Å². The molecular formula is C11H19NO3. The zero-order valence-electron chi connectivity index (χ0n) is 9.62. The van der Waals surface area contributed by atoms with Crippen molar-refractivity contribution >= 4 is 5.97 Å². The molecular weight excluding hydrogens is 194 g/mol. The number of hydrogen-bond donors (Lipinski definition) is 1. The van der Waals surface area contributed by atoms with E-state index in [1.807, 2.05) is 20.8 Å². The summed E-state index contributed by atoms with van der Waals surface area (Å²) in [4.78, 5) is 12.7. The minimum Gasteiger partial charge on any atom is -0.478 e. The molecule has 1 rings (SSSR count). The molecule has 0 radical (unpaired) electrons. The van der Waals surface area contributed by atoms with Crippen LogP contribution in [0.5, 0.6) is 0 Å². The Labute approximate surface area is 90.5 Å². The van der Waals surface area contributed by atoms with E-state index < -0.39 is 5.97 Å². The van der Waals surface area contributed by atoms with Gasteiger partial charge in [0.2, 0.25) is 0 Å². The number of morpholine rings is 1. The SMILES string of the molecule is C=C(CN1CC(C)OC(C)(C)C1)C(=O)O. The number of carboxylic acid groups (broad SMARTS) is 1. The Morgan fingerprint density at radius 1 is 1.67 bits per heavy atom. The van der Waals surface area contributed by atoms with E-state index in [1.54, 1.807) is 0 Å². The number of hydrogen-bond acceptors (Lipinski definition) is 3. The van der Waals surface area contributed by atoms with Crippen molar-refractivity contribution in [1.29, 1.82) is 0 Å². The first-order valence-corrected chi connectivity index (χ1v) is 5.11. The molecule has 4 nitrogen and oxygen atoms in total. The third-order valence-electron chi connectivity index (χ3n) is 2.36. The summed E-state index contributed by atoms with van der Waals surface area (Å²) in [5.41, 5.74) is 0.0242. The number of carbonyl (C=O) groups is 1. The molecule has 1 aliphatic heterocycles. The summed E-state index contributed by atoms with van der Waals surface area (Å²) in [5.74, 6) is -0.924. The van der Waals surface area contributed by atoms with E-state index in [2.05, 4.69) is 11.5 Å². The molecule has 0 aromatic rings. The maximum absolute atomic E-state index is 10.7. The van der Waals surface area contributed by atoms with E-state index in [-0.39, 0.29) is 17.3 Å². The highest BCUT2D eigenvalue weighted by molar-refractivity contribution is 5.86. The third kappa shape index (κ3) is 3.64. The summed E-state index contributed by atoms with van der Waals surface area (Å²) in [6, 6.07) is 0. The molecule has 0 saturated carbocycles. The normalized spacial score (nSPS) is 26.2. The molecule has 4 heteroatoms. The highest BCUT2D eigenvalue weighted by Gasteiger charge is 2.31. The molecule has 0 spiro atoms. The first-order chi connectivity index (χ1) is 6.80. The highest BCUT2D eigenvalue weighted by Crippen LogP contribution is 2.21. The van der Waals surface area contributed by atoms with E-state index in [1.165, 1.54) is 0 Å². The van der Waals surface area contributed by atoms with Crippen LogP contribution in [-0.2, 0) is 9.53 Å². The second-order valence-corrected chi connectivity index (χ2v) is 4.77. The summed E-state index contributed by atoms with van der Waals surface area (Å²) >= 11 is 0. The summed E-state index contributed by atoms with van der Waals surface area (Å²) < 4.78 is 5.73. The van der Waals surface area contributed by atoms with Gasteiger partial charge in [-0.25, -0.2) is 4.79 Å². The third-order valence-corrected chi connectivity index (χ3v) is 2.36. The van der Waals surface area contributed by atoms with E-state index in [0.717, 1.165) is 13.1 Å². The number of ether oxygens (including phenoxy) is 1. The Bertz CT molecular complexity index is 273. The van der Waals surface area contributed by atoms with E-state index in [4.69, 9.17) is 9.84 Å². The average Bonchev–Trinajstić information content (AvgIpc) is 1.99. The van der Waals surface area contributed by atoms with Gasteiger partial charge in [0.1, 0.15) is 0 Å². The number of nitrogens with zero attached hydrogens (tertiary/aromatic N) is 1. The maximum atomic E-state index is 10.7. The summed E-state index contributed by atoms with van der Waals surface area (Å²) in [7, 11) is 0. The van der Waals surface area contributed by atoms with Crippen LogP contribution in [0.1, 0.15) is 20.8 Å². The Morgan fingerprint density at radius 2 is 2.27 bits per heavy atom. The van der Waals surface area contributed by atoms with Crippen LogP contribution in [0.25, 0.3) is 0 Å². The topological polar surface area (TPSA) is 49.8 Å². The number of aliphatic carboxylic acids is 1. The van der Waals surface area contributed by atoms with Crippen molar-refractivity contribution in [2.75, 3.05) is 19.6 Å². The first kappa shape index (κ1) is 12.2. The molecule has 1 aliphatic rings. The lowest BCUT2D eigenvalue weighted by molar-refractivity contribution is -0.136.